The van der Waals surface area contributed by atoms with Gasteiger partial charge in [0.2, 0.25) is 0 Å². The monoisotopic (exact) mass is 389 g/mol. The lowest BCUT2D eigenvalue weighted by atomic mass is 9.98. The number of nitrogens with zero attached hydrogens (tertiary/aromatic N) is 3. The Labute approximate surface area is 171 Å². The van der Waals surface area contributed by atoms with Crippen LogP contribution in [0.15, 0.2) is 54.7 Å². The van der Waals surface area contributed by atoms with Gasteiger partial charge in [0.05, 0.1) is 12.8 Å². The first-order chi connectivity index (χ1) is 14.1. The van der Waals surface area contributed by atoms with Crippen LogP contribution >= 0.6 is 0 Å². The van der Waals surface area contributed by atoms with E-state index >= 15 is 0 Å². The highest BCUT2D eigenvalue weighted by atomic mass is 16.5. The average Bonchev–Trinajstić information content (AvgIpc) is 2.77. The molecule has 4 rings (SSSR count). The molecule has 0 unspecified atom stereocenters. The number of carbonyl (C=O) groups is 1. The maximum atomic E-state index is 13.3. The van der Waals surface area contributed by atoms with E-state index in [-0.39, 0.29) is 5.91 Å². The highest BCUT2D eigenvalue weighted by molar-refractivity contribution is 6.05. The van der Waals surface area contributed by atoms with Crippen molar-refractivity contribution < 1.29 is 9.53 Å². The first kappa shape index (κ1) is 19.2. The van der Waals surface area contributed by atoms with Crippen LogP contribution in [0, 0.1) is 0 Å². The van der Waals surface area contributed by atoms with Crippen molar-refractivity contribution in [2.75, 3.05) is 38.2 Å². The minimum absolute atomic E-state index is 0.0104. The standard InChI is InChI=1S/C24H27N3O2/c1-17(2)19-9-8-18-10-11-25-23(20(18)16-19)24(28)27-14-12-26(13-15-27)21-6-4-5-7-22(21)29-3/h4-11,16-17H,12-15H2,1-3H3. The molecule has 0 saturated carbocycles. The van der Waals surface area contributed by atoms with E-state index in [9.17, 15) is 4.79 Å². The number of pyridine rings is 1. The normalized spacial score (nSPS) is 14.5. The summed E-state index contributed by atoms with van der Waals surface area (Å²) in [6.45, 7) is 7.20. The summed E-state index contributed by atoms with van der Waals surface area (Å²) in [6.07, 6.45) is 1.73. The molecule has 150 valence electrons. The molecule has 0 spiro atoms. The highest BCUT2D eigenvalue weighted by Crippen LogP contribution is 2.29. The average molecular weight is 389 g/mol. The predicted octanol–water partition coefficient (Wildman–Crippen LogP) is 4.33. The first-order valence-corrected chi connectivity index (χ1v) is 10.1. The number of hydrogen-bond donors (Lipinski definition) is 0. The number of aromatic nitrogens is 1. The summed E-state index contributed by atoms with van der Waals surface area (Å²) in [5, 5.41) is 2.00. The van der Waals surface area contributed by atoms with E-state index in [2.05, 4.69) is 48.0 Å². The third kappa shape index (κ3) is 3.77. The molecule has 2 aromatic carbocycles. The van der Waals surface area contributed by atoms with Crippen molar-refractivity contribution in [1.29, 1.82) is 0 Å². The van der Waals surface area contributed by atoms with E-state index in [1.807, 2.05) is 29.2 Å². The Morgan fingerprint density at radius 1 is 1.03 bits per heavy atom. The second kappa shape index (κ2) is 8.11. The van der Waals surface area contributed by atoms with Crippen molar-refractivity contribution in [2.24, 2.45) is 0 Å². The molecule has 1 aromatic heterocycles. The molecule has 1 saturated heterocycles. The Morgan fingerprint density at radius 3 is 2.52 bits per heavy atom. The third-order valence-electron chi connectivity index (χ3n) is 5.65. The lowest BCUT2D eigenvalue weighted by molar-refractivity contribution is 0.0743. The Morgan fingerprint density at radius 2 is 1.79 bits per heavy atom. The van der Waals surface area contributed by atoms with Crippen molar-refractivity contribution in [2.45, 2.75) is 19.8 Å². The fraction of sp³-hybridized carbons (Fsp3) is 0.333. The molecular formula is C24H27N3O2. The number of hydrogen-bond acceptors (Lipinski definition) is 4. The van der Waals surface area contributed by atoms with Gasteiger partial charge in [-0.3, -0.25) is 9.78 Å². The summed E-state index contributed by atoms with van der Waals surface area (Å²) in [5.41, 5.74) is 2.85. The minimum atomic E-state index is 0.0104. The van der Waals surface area contributed by atoms with E-state index in [4.69, 9.17) is 4.74 Å². The van der Waals surface area contributed by atoms with Crippen LogP contribution in [0.5, 0.6) is 5.75 Å². The number of para-hydroxylation sites is 2. The summed E-state index contributed by atoms with van der Waals surface area (Å²) in [6, 6.07) is 16.3. The summed E-state index contributed by atoms with van der Waals surface area (Å²) >= 11 is 0. The van der Waals surface area contributed by atoms with Crippen LogP contribution in [0.2, 0.25) is 0 Å². The number of anilines is 1. The Kier molecular flexibility index (Phi) is 5.38. The van der Waals surface area contributed by atoms with Gasteiger partial charge in [0.15, 0.2) is 0 Å². The molecular weight excluding hydrogens is 362 g/mol. The number of rotatable bonds is 4. The lowest BCUT2D eigenvalue weighted by Gasteiger charge is -2.36. The molecule has 1 aliphatic rings. The quantitative estimate of drug-likeness (QED) is 0.666. The predicted molar refractivity (Wildman–Crippen MR) is 117 cm³/mol. The number of piperazine rings is 1. The van der Waals surface area contributed by atoms with Crippen LogP contribution in [0.1, 0.15) is 35.8 Å². The van der Waals surface area contributed by atoms with Gasteiger partial charge in [-0.1, -0.05) is 38.1 Å². The van der Waals surface area contributed by atoms with Gasteiger partial charge < -0.3 is 14.5 Å². The summed E-state index contributed by atoms with van der Waals surface area (Å²) in [7, 11) is 1.69. The van der Waals surface area contributed by atoms with E-state index < -0.39 is 0 Å². The Bertz CT molecular complexity index is 1020. The number of carbonyl (C=O) groups excluding carboxylic acids is 1. The smallest absolute Gasteiger partial charge is 0.273 e. The molecule has 0 atom stereocenters. The molecule has 0 N–H and O–H groups in total. The summed E-state index contributed by atoms with van der Waals surface area (Å²) < 4.78 is 5.49. The molecule has 1 fully saturated rings. The fourth-order valence-corrected chi connectivity index (χ4v) is 3.91. The number of benzene rings is 2. The van der Waals surface area contributed by atoms with Crippen molar-refractivity contribution >= 4 is 22.4 Å². The molecule has 0 radical (unpaired) electrons. The molecule has 3 aromatic rings. The van der Waals surface area contributed by atoms with Gasteiger partial charge in [-0.05, 0) is 41.1 Å². The number of ether oxygens (including phenoxy) is 1. The number of methoxy groups -OCH3 is 1. The molecule has 2 heterocycles. The van der Waals surface area contributed by atoms with Gasteiger partial charge in [0.25, 0.3) is 5.91 Å². The van der Waals surface area contributed by atoms with Crippen LogP contribution in [-0.2, 0) is 0 Å². The van der Waals surface area contributed by atoms with Gasteiger partial charge in [-0.15, -0.1) is 0 Å². The Hall–Kier alpha value is -3.08. The van der Waals surface area contributed by atoms with Gasteiger partial charge >= 0.3 is 0 Å². The second-order valence-corrected chi connectivity index (χ2v) is 7.75. The van der Waals surface area contributed by atoms with Crippen LogP contribution < -0.4 is 9.64 Å². The van der Waals surface area contributed by atoms with Gasteiger partial charge in [0.1, 0.15) is 11.4 Å². The molecule has 5 nitrogen and oxygen atoms in total. The molecule has 1 amide bonds. The van der Waals surface area contributed by atoms with Crippen molar-refractivity contribution in [3.63, 3.8) is 0 Å². The molecule has 0 bridgehead atoms. The molecule has 29 heavy (non-hydrogen) atoms. The van der Waals surface area contributed by atoms with Crippen LogP contribution in [0.25, 0.3) is 10.8 Å². The zero-order chi connectivity index (χ0) is 20.4. The van der Waals surface area contributed by atoms with Crippen molar-refractivity contribution in [3.8, 4) is 5.75 Å². The SMILES string of the molecule is COc1ccccc1N1CCN(C(=O)c2nccc3ccc(C(C)C)cc23)CC1. The van der Waals surface area contributed by atoms with E-state index in [0.717, 1.165) is 35.3 Å². The summed E-state index contributed by atoms with van der Waals surface area (Å²) in [4.78, 5) is 21.9. The fourth-order valence-electron chi connectivity index (χ4n) is 3.91. The second-order valence-electron chi connectivity index (χ2n) is 7.75. The maximum absolute atomic E-state index is 13.3. The number of amides is 1. The number of fused-ring (bicyclic) bond motifs is 1. The summed E-state index contributed by atoms with van der Waals surface area (Å²) in [5.74, 6) is 1.28. The van der Waals surface area contributed by atoms with E-state index in [1.54, 1.807) is 13.3 Å². The van der Waals surface area contributed by atoms with E-state index in [1.165, 1.54) is 5.56 Å². The zero-order valence-corrected chi connectivity index (χ0v) is 17.3. The van der Waals surface area contributed by atoms with Crippen molar-refractivity contribution in [3.05, 3.63) is 66.0 Å². The van der Waals surface area contributed by atoms with Crippen LogP contribution in [0.4, 0.5) is 5.69 Å². The van der Waals surface area contributed by atoms with Gasteiger partial charge in [0, 0.05) is 37.8 Å². The zero-order valence-electron chi connectivity index (χ0n) is 17.3. The molecule has 1 aliphatic heterocycles. The minimum Gasteiger partial charge on any atom is -0.495 e. The third-order valence-corrected chi connectivity index (χ3v) is 5.65. The largest absolute Gasteiger partial charge is 0.495 e. The van der Waals surface area contributed by atoms with E-state index in [0.29, 0.717) is 24.7 Å². The Balaban J connectivity index is 1.55. The van der Waals surface area contributed by atoms with Crippen LogP contribution in [-0.4, -0.2) is 49.1 Å². The first-order valence-electron chi connectivity index (χ1n) is 10.1. The van der Waals surface area contributed by atoms with Gasteiger partial charge in [-0.2, -0.15) is 0 Å². The highest BCUT2D eigenvalue weighted by Gasteiger charge is 2.25. The maximum Gasteiger partial charge on any atom is 0.273 e. The van der Waals surface area contributed by atoms with Crippen LogP contribution in [0.3, 0.4) is 0 Å². The van der Waals surface area contributed by atoms with Crippen molar-refractivity contribution in [1.82, 2.24) is 9.88 Å². The lowest BCUT2D eigenvalue weighted by Crippen LogP contribution is -2.49. The topological polar surface area (TPSA) is 45.7 Å². The molecule has 5 heteroatoms. The molecule has 0 aliphatic carbocycles. The van der Waals surface area contributed by atoms with Gasteiger partial charge in [-0.25, -0.2) is 0 Å².